The molecule has 3 N–H and O–H groups in total. The second kappa shape index (κ2) is 10.8. The molecule has 0 aliphatic heterocycles. The summed E-state index contributed by atoms with van der Waals surface area (Å²) in [6, 6.07) is 9.54. The fraction of sp³-hybridized carbons (Fsp3) is 0.450. The number of nitrogens with one attached hydrogen (secondary N) is 3. The van der Waals surface area contributed by atoms with Crippen LogP contribution in [0.25, 0.3) is 0 Å². The molecule has 2 rings (SSSR count). The Balaban J connectivity index is 1.95. The monoisotopic (exact) mass is 402 g/mol. The number of thioether (sulfide) groups is 1. The van der Waals surface area contributed by atoms with E-state index < -0.39 is 0 Å². The normalized spacial score (nSPS) is 11.9. The first-order chi connectivity index (χ1) is 13.4. The van der Waals surface area contributed by atoms with Crippen molar-refractivity contribution in [3.05, 3.63) is 48.3 Å². The van der Waals surface area contributed by atoms with Gasteiger partial charge in [0.2, 0.25) is 5.91 Å². The van der Waals surface area contributed by atoms with Gasteiger partial charge < -0.3 is 16.0 Å². The Morgan fingerprint density at radius 3 is 2.79 bits per heavy atom. The van der Waals surface area contributed by atoms with Crippen molar-refractivity contribution in [2.75, 3.05) is 24.7 Å². The number of aliphatic imine (C=N–C) groups is 1. The zero-order valence-electron chi connectivity index (χ0n) is 17.0. The van der Waals surface area contributed by atoms with E-state index >= 15 is 0 Å². The van der Waals surface area contributed by atoms with Crippen LogP contribution in [0.15, 0.2) is 47.7 Å². The van der Waals surface area contributed by atoms with Gasteiger partial charge in [-0.05, 0) is 50.8 Å². The van der Waals surface area contributed by atoms with E-state index in [4.69, 9.17) is 0 Å². The van der Waals surface area contributed by atoms with Crippen LogP contribution in [-0.2, 0) is 17.9 Å². The second-order valence-electron chi connectivity index (χ2n) is 6.96. The molecule has 0 saturated heterocycles. The lowest BCUT2D eigenvalue weighted by molar-refractivity contribution is -0.116. The number of amides is 1. The molecule has 0 saturated carbocycles. The first-order valence-corrected chi connectivity index (χ1v) is 10.6. The number of hydrogen-bond donors (Lipinski definition) is 3. The molecule has 152 valence electrons. The molecule has 0 bridgehead atoms. The molecule has 0 fully saturated rings. The molecule has 8 heteroatoms. The highest BCUT2D eigenvalue weighted by molar-refractivity contribution is 7.99. The van der Waals surface area contributed by atoms with E-state index in [-0.39, 0.29) is 17.2 Å². The number of anilines is 1. The summed E-state index contributed by atoms with van der Waals surface area (Å²) in [5.41, 5.74) is 1.78. The van der Waals surface area contributed by atoms with Gasteiger partial charge in [0, 0.05) is 35.9 Å². The Bertz CT molecular complexity index is 773. The summed E-state index contributed by atoms with van der Waals surface area (Å²) >= 11 is 1.82. The number of guanidine groups is 1. The molecule has 7 nitrogen and oxygen atoms in total. The van der Waals surface area contributed by atoms with Gasteiger partial charge in [-0.2, -0.15) is 16.9 Å². The predicted molar refractivity (Wildman–Crippen MR) is 118 cm³/mol. The maximum atomic E-state index is 12.1. The Morgan fingerprint density at radius 1 is 1.29 bits per heavy atom. The Hall–Kier alpha value is -2.48. The molecular weight excluding hydrogens is 372 g/mol. The van der Waals surface area contributed by atoms with Crippen LogP contribution in [0.1, 0.15) is 26.3 Å². The molecule has 1 aromatic heterocycles. The molecule has 2 aromatic rings. The molecule has 0 radical (unpaired) electrons. The molecule has 1 amide bonds. The smallest absolute Gasteiger partial charge is 0.246 e. The summed E-state index contributed by atoms with van der Waals surface area (Å²) in [5, 5.41) is 13.6. The lowest BCUT2D eigenvalue weighted by atomic mass is 10.2. The van der Waals surface area contributed by atoms with Crippen molar-refractivity contribution < 1.29 is 4.79 Å². The molecule has 0 aliphatic carbocycles. The largest absolute Gasteiger partial charge is 0.357 e. The van der Waals surface area contributed by atoms with E-state index in [1.165, 1.54) is 0 Å². The van der Waals surface area contributed by atoms with Crippen LogP contribution in [0.4, 0.5) is 5.69 Å². The quantitative estimate of drug-likeness (QED) is 0.444. The van der Waals surface area contributed by atoms with Crippen LogP contribution >= 0.6 is 11.8 Å². The average molecular weight is 403 g/mol. The van der Waals surface area contributed by atoms with E-state index in [1.807, 2.05) is 43.0 Å². The molecule has 1 heterocycles. The highest BCUT2D eigenvalue weighted by Gasteiger charge is 2.16. The van der Waals surface area contributed by atoms with Gasteiger partial charge in [-0.15, -0.1) is 0 Å². The first-order valence-electron chi connectivity index (χ1n) is 9.35. The van der Waals surface area contributed by atoms with Crippen molar-refractivity contribution in [3.63, 3.8) is 0 Å². The molecular formula is C20H30N6OS. The van der Waals surface area contributed by atoms with Crippen molar-refractivity contribution in [2.24, 2.45) is 4.99 Å². The van der Waals surface area contributed by atoms with E-state index in [0.29, 0.717) is 6.54 Å². The Kier molecular flexibility index (Phi) is 8.38. The molecule has 0 unspecified atom stereocenters. The van der Waals surface area contributed by atoms with Crippen LogP contribution in [0.3, 0.4) is 0 Å². The van der Waals surface area contributed by atoms with Gasteiger partial charge in [-0.25, -0.2) is 4.99 Å². The number of rotatable bonds is 9. The van der Waals surface area contributed by atoms with Crippen molar-refractivity contribution in [2.45, 2.75) is 38.6 Å². The number of aromatic nitrogens is 2. The maximum Gasteiger partial charge on any atom is 0.246 e. The minimum absolute atomic E-state index is 0.112. The van der Waals surface area contributed by atoms with Crippen molar-refractivity contribution >= 4 is 29.3 Å². The lowest BCUT2D eigenvalue weighted by Crippen LogP contribution is -2.43. The summed E-state index contributed by atoms with van der Waals surface area (Å²) in [7, 11) is 0. The van der Waals surface area contributed by atoms with Crippen molar-refractivity contribution in [3.8, 4) is 0 Å². The zero-order valence-corrected chi connectivity index (χ0v) is 17.8. The Labute approximate surface area is 171 Å². The van der Waals surface area contributed by atoms with Gasteiger partial charge >= 0.3 is 0 Å². The first kappa shape index (κ1) is 21.8. The highest BCUT2D eigenvalue weighted by atomic mass is 32.2. The number of nitrogens with zero attached hydrogens (tertiary/aromatic N) is 3. The van der Waals surface area contributed by atoms with Crippen LogP contribution in [-0.4, -0.2) is 45.7 Å². The number of carbonyl (C=O) groups is 1. The van der Waals surface area contributed by atoms with Gasteiger partial charge in [0.25, 0.3) is 0 Å². The van der Waals surface area contributed by atoms with Gasteiger partial charge in [0.15, 0.2) is 5.96 Å². The molecule has 0 spiro atoms. The zero-order chi connectivity index (χ0) is 20.4. The van der Waals surface area contributed by atoms with E-state index in [9.17, 15) is 4.79 Å². The molecule has 28 heavy (non-hydrogen) atoms. The topological polar surface area (TPSA) is 83.3 Å². The highest BCUT2D eigenvalue weighted by Crippen LogP contribution is 2.19. The summed E-state index contributed by atoms with van der Waals surface area (Å²) in [5.74, 6) is 0.677. The third-order valence-electron chi connectivity index (χ3n) is 4.07. The van der Waals surface area contributed by atoms with E-state index in [2.05, 4.69) is 46.1 Å². The standard InChI is InChI=1S/C20H30N6OS/c1-5-21-19(23-15-20(2,3)28-4)22-13-16-8-6-9-17(12-16)25-18(27)14-26-11-7-10-24-26/h6-12H,5,13-15H2,1-4H3,(H,25,27)(H2,21,22,23). The third kappa shape index (κ3) is 7.64. The number of benzene rings is 1. The molecule has 1 aromatic carbocycles. The minimum atomic E-state index is -0.112. The van der Waals surface area contributed by atoms with Crippen LogP contribution in [0.5, 0.6) is 0 Å². The van der Waals surface area contributed by atoms with Gasteiger partial charge in [0.1, 0.15) is 6.54 Å². The molecule has 0 atom stereocenters. The lowest BCUT2D eigenvalue weighted by Gasteiger charge is -2.23. The predicted octanol–water partition coefficient (Wildman–Crippen LogP) is 2.72. The molecule has 0 aliphatic rings. The van der Waals surface area contributed by atoms with Crippen molar-refractivity contribution in [1.29, 1.82) is 0 Å². The van der Waals surface area contributed by atoms with Crippen molar-refractivity contribution in [1.82, 2.24) is 20.4 Å². The second-order valence-corrected chi connectivity index (χ2v) is 8.48. The van der Waals surface area contributed by atoms with E-state index in [1.54, 1.807) is 23.1 Å². The van der Waals surface area contributed by atoms with Gasteiger partial charge in [-0.1, -0.05) is 12.1 Å². The van der Waals surface area contributed by atoms with Gasteiger partial charge in [0.05, 0.1) is 6.54 Å². The number of carbonyl (C=O) groups excluding carboxylic acids is 1. The van der Waals surface area contributed by atoms with Crippen LogP contribution < -0.4 is 16.0 Å². The minimum Gasteiger partial charge on any atom is -0.357 e. The summed E-state index contributed by atoms with van der Waals surface area (Å²) in [4.78, 5) is 16.8. The third-order valence-corrected chi connectivity index (χ3v) is 5.32. The SMILES string of the molecule is CCNC(=NCc1cccc(NC(=O)Cn2cccn2)c1)NCC(C)(C)SC. The maximum absolute atomic E-state index is 12.1. The van der Waals surface area contributed by atoms with E-state index in [0.717, 1.165) is 30.3 Å². The Morgan fingerprint density at radius 2 is 2.11 bits per heavy atom. The summed E-state index contributed by atoms with van der Waals surface area (Å²) in [6.45, 7) is 8.78. The number of hydrogen-bond acceptors (Lipinski definition) is 4. The summed E-state index contributed by atoms with van der Waals surface area (Å²) in [6.07, 6.45) is 5.53. The van der Waals surface area contributed by atoms with Gasteiger partial charge in [-0.3, -0.25) is 9.48 Å². The van der Waals surface area contributed by atoms with Crippen LogP contribution in [0.2, 0.25) is 0 Å². The average Bonchev–Trinajstić information content (AvgIpc) is 3.17. The summed E-state index contributed by atoms with van der Waals surface area (Å²) < 4.78 is 1.73. The fourth-order valence-corrected chi connectivity index (χ4v) is 2.59. The van der Waals surface area contributed by atoms with Crippen LogP contribution in [0, 0.1) is 0 Å². The fourth-order valence-electron chi connectivity index (χ4n) is 2.37.